The maximum Gasteiger partial charge on any atom is 0.125 e. The molecule has 19 heavy (non-hydrogen) atoms. The average molecular weight is 299 g/mol. The average Bonchev–Trinajstić information content (AvgIpc) is 2.99. The lowest BCUT2D eigenvalue weighted by Crippen LogP contribution is -2.13. The summed E-state index contributed by atoms with van der Waals surface area (Å²) in [6.45, 7) is 0.974. The molecule has 0 spiro atoms. The number of halogens is 2. The van der Waals surface area contributed by atoms with E-state index >= 15 is 0 Å². The lowest BCUT2D eigenvalue weighted by atomic mass is 10.1. The molecule has 1 unspecified atom stereocenters. The summed E-state index contributed by atoms with van der Waals surface area (Å²) in [5.41, 5.74) is 1.77. The highest BCUT2D eigenvalue weighted by Gasteiger charge is 2.19. The van der Waals surface area contributed by atoms with Gasteiger partial charge in [0, 0.05) is 24.9 Å². The molecular weight excluding hydrogens is 283 g/mol. The fourth-order valence-electron chi connectivity index (χ4n) is 2.62. The fraction of sp³-hybridized carbons (Fsp3) is 0.500. The van der Waals surface area contributed by atoms with Crippen LogP contribution in [-0.2, 0) is 13.0 Å². The van der Waals surface area contributed by atoms with Crippen molar-refractivity contribution in [2.45, 2.75) is 19.4 Å². The third-order valence-electron chi connectivity index (χ3n) is 3.57. The second kappa shape index (κ2) is 5.71. The van der Waals surface area contributed by atoms with Crippen molar-refractivity contribution in [3.63, 3.8) is 0 Å². The van der Waals surface area contributed by atoms with Gasteiger partial charge in [-0.1, -0.05) is 0 Å². The van der Waals surface area contributed by atoms with Crippen LogP contribution in [0.5, 0.6) is 0 Å². The molecule has 2 nitrogen and oxygen atoms in total. The van der Waals surface area contributed by atoms with Gasteiger partial charge in [-0.05, 0) is 36.0 Å². The fourth-order valence-corrected chi connectivity index (χ4v) is 4.06. The van der Waals surface area contributed by atoms with Crippen molar-refractivity contribution in [1.29, 1.82) is 0 Å². The van der Waals surface area contributed by atoms with E-state index < -0.39 is 0 Å². The van der Waals surface area contributed by atoms with Gasteiger partial charge >= 0.3 is 0 Å². The summed E-state index contributed by atoms with van der Waals surface area (Å²) in [7, 11) is 0. The first-order valence-electron chi connectivity index (χ1n) is 6.56. The Morgan fingerprint density at radius 3 is 3.11 bits per heavy atom. The Labute approximate surface area is 121 Å². The molecule has 102 valence electrons. The van der Waals surface area contributed by atoms with Gasteiger partial charge in [0.2, 0.25) is 0 Å². The minimum absolute atomic E-state index is 0.231. The maximum atomic E-state index is 13.3. The SMILES string of the molecule is Fc1ccc2c(c1)nc(CCCl)n2CC1CCSC1. The first-order valence-corrected chi connectivity index (χ1v) is 8.25. The van der Waals surface area contributed by atoms with Crippen molar-refractivity contribution in [1.82, 2.24) is 9.55 Å². The van der Waals surface area contributed by atoms with E-state index in [9.17, 15) is 4.39 Å². The number of hydrogen-bond donors (Lipinski definition) is 0. The standard InChI is InChI=1S/C14H16ClFN2S/c15-5-3-14-17-12-7-11(16)1-2-13(12)18(14)8-10-4-6-19-9-10/h1-2,7,10H,3-6,8-9H2. The molecule has 5 heteroatoms. The van der Waals surface area contributed by atoms with Crippen molar-refractivity contribution in [3.8, 4) is 0 Å². The normalized spacial score (nSPS) is 19.4. The van der Waals surface area contributed by atoms with E-state index in [1.165, 1.54) is 30.1 Å². The quantitative estimate of drug-likeness (QED) is 0.801. The summed E-state index contributed by atoms with van der Waals surface area (Å²) in [5, 5.41) is 0. The lowest BCUT2D eigenvalue weighted by Gasteiger charge is -2.13. The summed E-state index contributed by atoms with van der Waals surface area (Å²) in [4.78, 5) is 4.54. The zero-order valence-corrected chi connectivity index (χ0v) is 12.2. The third-order valence-corrected chi connectivity index (χ3v) is 4.99. The van der Waals surface area contributed by atoms with Crippen LogP contribution in [0.25, 0.3) is 11.0 Å². The van der Waals surface area contributed by atoms with E-state index in [1.54, 1.807) is 0 Å². The highest BCUT2D eigenvalue weighted by atomic mass is 35.5. The molecule has 0 saturated carbocycles. The molecule has 0 radical (unpaired) electrons. The molecule has 1 aromatic heterocycles. The van der Waals surface area contributed by atoms with Gasteiger partial charge in [-0.25, -0.2) is 9.37 Å². The number of aryl methyl sites for hydroxylation is 1. The highest BCUT2D eigenvalue weighted by Crippen LogP contribution is 2.27. The summed E-state index contributed by atoms with van der Waals surface area (Å²) in [6.07, 6.45) is 1.99. The molecule has 2 aromatic rings. The monoisotopic (exact) mass is 298 g/mol. The zero-order valence-electron chi connectivity index (χ0n) is 10.6. The molecule has 0 aliphatic carbocycles. The minimum Gasteiger partial charge on any atom is -0.328 e. The van der Waals surface area contributed by atoms with Gasteiger partial charge in [0.15, 0.2) is 0 Å². The lowest BCUT2D eigenvalue weighted by molar-refractivity contribution is 0.490. The molecule has 1 aliphatic heterocycles. The number of nitrogens with zero attached hydrogens (tertiary/aromatic N) is 2. The van der Waals surface area contributed by atoms with Gasteiger partial charge < -0.3 is 4.57 Å². The Hall–Kier alpha value is -0.740. The zero-order chi connectivity index (χ0) is 13.2. The van der Waals surface area contributed by atoms with Crippen molar-refractivity contribution < 1.29 is 4.39 Å². The topological polar surface area (TPSA) is 17.8 Å². The number of fused-ring (bicyclic) bond motifs is 1. The molecule has 1 atom stereocenters. The van der Waals surface area contributed by atoms with Gasteiger partial charge in [0.25, 0.3) is 0 Å². The van der Waals surface area contributed by atoms with E-state index in [0.717, 1.165) is 29.8 Å². The van der Waals surface area contributed by atoms with Crippen LogP contribution in [0.4, 0.5) is 4.39 Å². The molecule has 1 aromatic carbocycles. The van der Waals surface area contributed by atoms with Crippen LogP contribution in [0.3, 0.4) is 0 Å². The predicted octanol–water partition coefficient (Wildman–Crippen LogP) is 3.71. The molecule has 2 heterocycles. The predicted molar refractivity (Wildman–Crippen MR) is 79.5 cm³/mol. The molecule has 0 bridgehead atoms. The Morgan fingerprint density at radius 1 is 1.47 bits per heavy atom. The summed E-state index contributed by atoms with van der Waals surface area (Å²) < 4.78 is 15.5. The van der Waals surface area contributed by atoms with Gasteiger partial charge in [0.1, 0.15) is 11.6 Å². The number of imidazole rings is 1. The first-order chi connectivity index (χ1) is 9.28. The Kier molecular flexibility index (Phi) is 3.99. The van der Waals surface area contributed by atoms with Gasteiger partial charge in [-0.2, -0.15) is 11.8 Å². The van der Waals surface area contributed by atoms with Gasteiger partial charge in [-0.15, -0.1) is 11.6 Å². The van der Waals surface area contributed by atoms with Crippen LogP contribution in [0.1, 0.15) is 12.2 Å². The van der Waals surface area contributed by atoms with Gasteiger partial charge in [0.05, 0.1) is 11.0 Å². The highest BCUT2D eigenvalue weighted by molar-refractivity contribution is 7.99. The van der Waals surface area contributed by atoms with Crippen molar-refractivity contribution in [2.75, 3.05) is 17.4 Å². The summed E-state index contributed by atoms with van der Waals surface area (Å²) in [6, 6.07) is 4.85. The number of alkyl halides is 1. The Morgan fingerprint density at radius 2 is 2.37 bits per heavy atom. The second-order valence-corrected chi connectivity index (χ2v) is 6.47. The molecule has 0 N–H and O–H groups in total. The number of benzene rings is 1. The maximum absolute atomic E-state index is 13.3. The van der Waals surface area contributed by atoms with E-state index in [-0.39, 0.29) is 5.82 Å². The van der Waals surface area contributed by atoms with Crippen molar-refractivity contribution >= 4 is 34.4 Å². The van der Waals surface area contributed by atoms with Crippen LogP contribution in [0.2, 0.25) is 0 Å². The Bertz CT molecular complexity index is 578. The van der Waals surface area contributed by atoms with Crippen LogP contribution in [0.15, 0.2) is 18.2 Å². The number of thioether (sulfide) groups is 1. The van der Waals surface area contributed by atoms with Gasteiger partial charge in [-0.3, -0.25) is 0 Å². The van der Waals surface area contributed by atoms with Crippen LogP contribution >= 0.6 is 23.4 Å². The largest absolute Gasteiger partial charge is 0.328 e. The van der Waals surface area contributed by atoms with Crippen molar-refractivity contribution in [2.24, 2.45) is 5.92 Å². The van der Waals surface area contributed by atoms with Crippen LogP contribution in [0, 0.1) is 11.7 Å². The van der Waals surface area contributed by atoms with E-state index in [2.05, 4.69) is 9.55 Å². The Balaban J connectivity index is 2.00. The summed E-state index contributed by atoms with van der Waals surface area (Å²) >= 11 is 7.86. The van der Waals surface area contributed by atoms with Crippen LogP contribution in [-0.4, -0.2) is 26.9 Å². The second-order valence-electron chi connectivity index (χ2n) is 4.94. The third kappa shape index (κ3) is 2.75. The van der Waals surface area contributed by atoms with Crippen LogP contribution < -0.4 is 0 Å². The molecule has 3 rings (SSSR count). The molecule has 1 fully saturated rings. The van der Waals surface area contributed by atoms with E-state index in [0.29, 0.717) is 11.8 Å². The van der Waals surface area contributed by atoms with Crippen molar-refractivity contribution in [3.05, 3.63) is 29.8 Å². The number of rotatable bonds is 4. The minimum atomic E-state index is -0.231. The van der Waals surface area contributed by atoms with E-state index in [4.69, 9.17) is 11.6 Å². The molecule has 1 aliphatic rings. The molecular formula is C14H16ClFN2S. The first kappa shape index (κ1) is 13.3. The van der Waals surface area contributed by atoms with E-state index in [1.807, 2.05) is 17.8 Å². The number of hydrogen-bond acceptors (Lipinski definition) is 2. The molecule has 0 amide bonds. The summed E-state index contributed by atoms with van der Waals surface area (Å²) in [5.74, 6) is 4.45. The molecule has 1 saturated heterocycles. The number of aromatic nitrogens is 2. The smallest absolute Gasteiger partial charge is 0.125 e.